The number of hydrogen-bond acceptors (Lipinski definition) is 5. The number of benzene rings is 1. The standard InChI is InChI=1S/C10H15BO5/c1-3-6-15-10-7-8(16-11(12)13)4-5-9(10)14-2/h4-5,7,12-13H,3,6H2,1-2H3. The predicted octanol–water partition coefficient (Wildman–Crippen LogP) is 0.832. The average molecular weight is 226 g/mol. The van der Waals surface area contributed by atoms with Crippen LogP contribution in [0.5, 0.6) is 17.2 Å². The molecule has 1 rings (SSSR count). The van der Waals surface area contributed by atoms with Gasteiger partial charge in [0.1, 0.15) is 5.75 Å². The number of ether oxygens (including phenoxy) is 2. The van der Waals surface area contributed by atoms with Gasteiger partial charge in [-0.15, -0.1) is 0 Å². The smallest absolute Gasteiger partial charge is 0.512 e. The van der Waals surface area contributed by atoms with Crippen LogP contribution in [0.3, 0.4) is 0 Å². The van der Waals surface area contributed by atoms with Gasteiger partial charge in [0.2, 0.25) is 0 Å². The molecule has 0 saturated carbocycles. The zero-order valence-electron chi connectivity index (χ0n) is 9.34. The lowest BCUT2D eigenvalue weighted by Crippen LogP contribution is -2.20. The van der Waals surface area contributed by atoms with Gasteiger partial charge in [0.15, 0.2) is 11.5 Å². The molecule has 0 bridgehead atoms. The van der Waals surface area contributed by atoms with Crippen LogP contribution < -0.4 is 14.1 Å². The fourth-order valence-electron chi connectivity index (χ4n) is 1.18. The van der Waals surface area contributed by atoms with E-state index in [0.717, 1.165) is 6.42 Å². The molecule has 0 atom stereocenters. The van der Waals surface area contributed by atoms with Gasteiger partial charge in [-0.1, -0.05) is 6.92 Å². The third-order valence-corrected chi connectivity index (χ3v) is 1.84. The summed E-state index contributed by atoms with van der Waals surface area (Å²) in [5.74, 6) is 1.40. The van der Waals surface area contributed by atoms with E-state index in [0.29, 0.717) is 23.9 Å². The lowest BCUT2D eigenvalue weighted by molar-refractivity contribution is 0.280. The normalized spacial score (nSPS) is 9.75. The fraction of sp³-hybridized carbons (Fsp3) is 0.400. The van der Waals surface area contributed by atoms with E-state index >= 15 is 0 Å². The maximum absolute atomic E-state index is 8.66. The molecule has 0 amide bonds. The molecule has 88 valence electrons. The third-order valence-electron chi connectivity index (χ3n) is 1.84. The largest absolute Gasteiger partial charge is 0.707 e. The summed E-state index contributed by atoms with van der Waals surface area (Å²) < 4.78 is 15.2. The lowest BCUT2D eigenvalue weighted by Gasteiger charge is -2.12. The van der Waals surface area contributed by atoms with Gasteiger partial charge in [-0.2, -0.15) is 0 Å². The van der Waals surface area contributed by atoms with Crippen molar-refractivity contribution in [3.05, 3.63) is 18.2 Å². The minimum Gasteiger partial charge on any atom is -0.512 e. The second-order valence-corrected chi connectivity index (χ2v) is 3.11. The molecule has 0 unspecified atom stereocenters. The molecule has 2 N–H and O–H groups in total. The lowest BCUT2D eigenvalue weighted by atomic mass is 10.2. The molecular weight excluding hydrogens is 211 g/mol. The van der Waals surface area contributed by atoms with Gasteiger partial charge in [0.25, 0.3) is 0 Å². The van der Waals surface area contributed by atoms with Crippen LogP contribution >= 0.6 is 0 Å². The summed E-state index contributed by atoms with van der Waals surface area (Å²) in [6.07, 6.45) is 0.872. The Hall–Kier alpha value is -1.40. The van der Waals surface area contributed by atoms with E-state index in [-0.39, 0.29) is 0 Å². The molecule has 0 aliphatic carbocycles. The molecule has 0 aliphatic heterocycles. The predicted molar refractivity (Wildman–Crippen MR) is 59.6 cm³/mol. The molecule has 5 nitrogen and oxygen atoms in total. The van der Waals surface area contributed by atoms with E-state index in [4.69, 9.17) is 24.2 Å². The van der Waals surface area contributed by atoms with E-state index in [9.17, 15) is 0 Å². The minimum atomic E-state index is -1.84. The van der Waals surface area contributed by atoms with Crippen LogP contribution in [-0.2, 0) is 0 Å². The second kappa shape index (κ2) is 6.24. The highest BCUT2D eigenvalue weighted by atomic mass is 16.6. The maximum atomic E-state index is 8.66. The Bertz CT molecular complexity index is 329. The first-order valence-electron chi connectivity index (χ1n) is 5.01. The highest BCUT2D eigenvalue weighted by molar-refractivity contribution is 6.33. The van der Waals surface area contributed by atoms with Crippen molar-refractivity contribution in [1.29, 1.82) is 0 Å². The van der Waals surface area contributed by atoms with Gasteiger partial charge in [0.05, 0.1) is 13.7 Å². The molecule has 6 heteroatoms. The Morgan fingerprint density at radius 3 is 2.56 bits per heavy atom. The zero-order valence-corrected chi connectivity index (χ0v) is 9.34. The fourth-order valence-corrected chi connectivity index (χ4v) is 1.18. The quantitative estimate of drug-likeness (QED) is 0.703. The van der Waals surface area contributed by atoms with Crippen LogP contribution in [0.25, 0.3) is 0 Å². The van der Waals surface area contributed by atoms with E-state index in [2.05, 4.69) is 0 Å². The molecule has 1 aromatic rings. The van der Waals surface area contributed by atoms with Crippen molar-refractivity contribution in [3.63, 3.8) is 0 Å². The first-order chi connectivity index (χ1) is 7.67. The highest BCUT2D eigenvalue weighted by Crippen LogP contribution is 2.31. The van der Waals surface area contributed by atoms with Crippen molar-refractivity contribution in [2.24, 2.45) is 0 Å². The van der Waals surface area contributed by atoms with E-state index < -0.39 is 7.32 Å². The van der Waals surface area contributed by atoms with Gasteiger partial charge in [-0.25, -0.2) is 0 Å². The molecule has 0 aliphatic rings. The van der Waals surface area contributed by atoms with Crippen molar-refractivity contribution in [2.75, 3.05) is 13.7 Å². The summed E-state index contributed by atoms with van der Waals surface area (Å²) in [5, 5.41) is 17.3. The van der Waals surface area contributed by atoms with E-state index in [1.54, 1.807) is 18.2 Å². The monoisotopic (exact) mass is 226 g/mol. The first-order valence-corrected chi connectivity index (χ1v) is 5.01. The van der Waals surface area contributed by atoms with Gasteiger partial charge in [0, 0.05) is 6.07 Å². The number of methoxy groups -OCH3 is 1. The van der Waals surface area contributed by atoms with Gasteiger partial charge >= 0.3 is 7.32 Å². The van der Waals surface area contributed by atoms with Gasteiger partial charge < -0.3 is 24.2 Å². The summed E-state index contributed by atoms with van der Waals surface area (Å²) in [6.45, 7) is 2.55. The SMILES string of the molecule is CCCOc1cc(OB(O)O)ccc1OC. The van der Waals surface area contributed by atoms with Crippen LogP contribution in [0.2, 0.25) is 0 Å². The molecule has 0 spiro atoms. The second-order valence-electron chi connectivity index (χ2n) is 3.11. The highest BCUT2D eigenvalue weighted by Gasteiger charge is 2.13. The van der Waals surface area contributed by atoms with Crippen LogP contribution in [-0.4, -0.2) is 31.1 Å². The molecule has 0 aromatic heterocycles. The van der Waals surface area contributed by atoms with E-state index in [1.807, 2.05) is 6.92 Å². The van der Waals surface area contributed by atoms with Crippen molar-refractivity contribution in [2.45, 2.75) is 13.3 Å². The summed E-state index contributed by atoms with van der Waals surface area (Å²) in [7, 11) is -0.303. The average Bonchev–Trinajstić information content (AvgIpc) is 2.25. The van der Waals surface area contributed by atoms with Crippen LogP contribution in [0.15, 0.2) is 18.2 Å². The first kappa shape index (κ1) is 12.7. The summed E-state index contributed by atoms with van der Waals surface area (Å²) in [5.41, 5.74) is 0. The number of hydrogen-bond donors (Lipinski definition) is 2. The molecular formula is C10H15BO5. The topological polar surface area (TPSA) is 68.2 Å². The maximum Gasteiger partial charge on any atom is 0.707 e. The van der Waals surface area contributed by atoms with Crippen molar-refractivity contribution in [3.8, 4) is 17.2 Å². The molecule has 0 radical (unpaired) electrons. The Balaban J connectivity index is 2.83. The van der Waals surface area contributed by atoms with Crippen LogP contribution in [0.1, 0.15) is 13.3 Å². The molecule has 0 heterocycles. The Kier molecular flexibility index (Phi) is 4.95. The minimum absolute atomic E-state index is 0.307. The molecule has 1 aromatic carbocycles. The van der Waals surface area contributed by atoms with Crippen LogP contribution in [0.4, 0.5) is 0 Å². The zero-order chi connectivity index (χ0) is 12.0. The summed E-state index contributed by atoms with van der Waals surface area (Å²) in [6, 6.07) is 4.76. The van der Waals surface area contributed by atoms with Gasteiger partial charge in [-0.3, -0.25) is 0 Å². The Morgan fingerprint density at radius 2 is 2.00 bits per heavy atom. The van der Waals surface area contributed by atoms with Gasteiger partial charge in [-0.05, 0) is 18.6 Å². The summed E-state index contributed by atoms with van der Waals surface area (Å²) >= 11 is 0. The number of rotatable bonds is 6. The molecule has 0 saturated heterocycles. The van der Waals surface area contributed by atoms with Crippen LogP contribution in [0, 0.1) is 0 Å². The Labute approximate surface area is 94.7 Å². The Morgan fingerprint density at radius 1 is 1.25 bits per heavy atom. The molecule has 16 heavy (non-hydrogen) atoms. The molecule has 0 fully saturated rings. The summed E-state index contributed by atoms with van der Waals surface area (Å²) in [4.78, 5) is 0. The van der Waals surface area contributed by atoms with Crippen molar-refractivity contribution < 1.29 is 24.2 Å². The van der Waals surface area contributed by atoms with Crippen molar-refractivity contribution >= 4 is 7.32 Å². The van der Waals surface area contributed by atoms with E-state index in [1.165, 1.54) is 7.11 Å². The third kappa shape index (κ3) is 3.64. The van der Waals surface area contributed by atoms with Crippen molar-refractivity contribution in [1.82, 2.24) is 0 Å².